The lowest BCUT2D eigenvalue weighted by Crippen LogP contribution is -2.55. The Balaban J connectivity index is 2.02. The third-order valence-corrected chi connectivity index (χ3v) is 3.82. The first-order valence-corrected chi connectivity index (χ1v) is 7.21. The molecular formula is C16H20N2O4. The van der Waals surface area contributed by atoms with E-state index >= 15 is 0 Å². The summed E-state index contributed by atoms with van der Waals surface area (Å²) in [6.45, 7) is 3.85. The van der Waals surface area contributed by atoms with Gasteiger partial charge in [-0.15, -0.1) is 0 Å². The van der Waals surface area contributed by atoms with Crippen molar-refractivity contribution in [1.29, 1.82) is 0 Å². The van der Waals surface area contributed by atoms with E-state index in [-0.39, 0.29) is 18.4 Å². The van der Waals surface area contributed by atoms with Gasteiger partial charge in [-0.05, 0) is 32.4 Å². The van der Waals surface area contributed by atoms with Crippen LogP contribution >= 0.6 is 0 Å². The van der Waals surface area contributed by atoms with Crippen molar-refractivity contribution in [3.05, 3.63) is 35.9 Å². The van der Waals surface area contributed by atoms with Crippen molar-refractivity contribution in [2.75, 3.05) is 13.1 Å². The fourth-order valence-electron chi connectivity index (χ4n) is 2.54. The number of amides is 2. The third kappa shape index (κ3) is 3.44. The van der Waals surface area contributed by atoms with E-state index in [0.29, 0.717) is 18.5 Å². The standard InChI is InChI=1S/C16H20N2O4/c1-16(2,17-13(19)11-6-4-3-5-7-11)15(22)18-9-8-12(10-18)14(20)21/h3-7,12H,8-10H2,1-2H3,(H,17,19)(H,20,21). The highest BCUT2D eigenvalue weighted by atomic mass is 16.4. The van der Waals surface area contributed by atoms with Crippen molar-refractivity contribution < 1.29 is 19.5 Å². The molecule has 22 heavy (non-hydrogen) atoms. The maximum Gasteiger partial charge on any atom is 0.308 e. The van der Waals surface area contributed by atoms with Crippen LogP contribution in [-0.4, -0.2) is 46.4 Å². The molecule has 1 atom stereocenters. The summed E-state index contributed by atoms with van der Waals surface area (Å²) in [6, 6.07) is 8.66. The fourth-order valence-corrected chi connectivity index (χ4v) is 2.54. The van der Waals surface area contributed by atoms with Gasteiger partial charge in [-0.3, -0.25) is 14.4 Å². The molecule has 2 N–H and O–H groups in total. The number of carbonyl (C=O) groups excluding carboxylic acids is 2. The van der Waals surface area contributed by atoms with Gasteiger partial charge in [0.2, 0.25) is 5.91 Å². The zero-order chi connectivity index (χ0) is 16.3. The van der Waals surface area contributed by atoms with Crippen LogP contribution in [0.5, 0.6) is 0 Å². The quantitative estimate of drug-likeness (QED) is 0.873. The van der Waals surface area contributed by atoms with Crippen LogP contribution < -0.4 is 5.32 Å². The molecule has 1 aromatic rings. The summed E-state index contributed by atoms with van der Waals surface area (Å²) in [6.07, 6.45) is 0.448. The molecule has 1 heterocycles. The predicted octanol–water partition coefficient (Wildman–Crippen LogP) is 1.13. The zero-order valence-electron chi connectivity index (χ0n) is 12.7. The maximum atomic E-state index is 12.5. The molecule has 1 unspecified atom stereocenters. The minimum absolute atomic E-state index is 0.193. The average molecular weight is 304 g/mol. The Kier molecular flexibility index (Phi) is 4.49. The summed E-state index contributed by atoms with van der Waals surface area (Å²) in [5.74, 6) is -2.00. The number of rotatable bonds is 4. The summed E-state index contributed by atoms with van der Waals surface area (Å²) in [4.78, 5) is 37.2. The van der Waals surface area contributed by atoms with Crippen LogP contribution in [0.25, 0.3) is 0 Å². The van der Waals surface area contributed by atoms with Crippen LogP contribution in [-0.2, 0) is 9.59 Å². The highest BCUT2D eigenvalue weighted by molar-refractivity contribution is 5.99. The molecule has 0 bridgehead atoms. The highest BCUT2D eigenvalue weighted by Gasteiger charge is 2.38. The van der Waals surface area contributed by atoms with Crippen molar-refractivity contribution >= 4 is 17.8 Å². The Bertz CT molecular complexity index is 583. The Hall–Kier alpha value is -2.37. The molecule has 0 aliphatic carbocycles. The van der Waals surface area contributed by atoms with Gasteiger partial charge in [0.25, 0.3) is 5.91 Å². The van der Waals surface area contributed by atoms with Crippen LogP contribution in [0.15, 0.2) is 30.3 Å². The van der Waals surface area contributed by atoms with Crippen LogP contribution in [0.1, 0.15) is 30.6 Å². The Morgan fingerprint density at radius 2 is 1.86 bits per heavy atom. The zero-order valence-corrected chi connectivity index (χ0v) is 12.7. The Morgan fingerprint density at radius 1 is 1.23 bits per heavy atom. The molecule has 1 aliphatic rings. The van der Waals surface area contributed by atoms with Crippen molar-refractivity contribution in [2.24, 2.45) is 5.92 Å². The molecule has 2 rings (SSSR count). The van der Waals surface area contributed by atoms with E-state index in [2.05, 4.69) is 5.32 Å². The molecule has 0 aromatic heterocycles. The van der Waals surface area contributed by atoms with E-state index in [0.717, 1.165) is 0 Å². The van der Waals surface area contributed by atoms with Crippen LogP contribution in [0.4, 0.5) is 0 Å². The van der Waals surface area contributed by atoms with E-state index in [9.17, 15) is 14.4 Å². The van der Waals surface area contributed by atoms with Gasteiger partial charge in [0.1, 0.15) is 5.54 Å². The fraction of sp³-hybridized carbons (Fsp3) is 0.438. The van der Waals surface area contributed by atoms with Crippen molar-refractivity contribution in [1.82, 2.24) is 10.2 Å². The van der Waals surface area contributed by atoms with Crippen LogP contribution in [0.3, 0.4) is 0 Å². The highest BCUT2D eigenvalue weighted by Crippen LogP contribution is 2.20. The third-order valence-electron chi connectivity index (χ3n) is 3.82. The first kappa shape index (κ1) is 16.0. The Morgan fingerprint density at radius 3 is 2.41 bits per heavy atom. The summed E-state index contributed by atoms with van der Waals surface area (Å²) in [5.41, 5.74) is -0.603. The lowest BCUT2D eigenvalue weighted by molar-refractivity contribution is -0.141. The lowest BCUT2D eigenvalue weighted by Gasteiger charge is -2.30. The number of carbonyl (C=O) groups is 3. The molecule has 1 aromatic carbocycles. The SMILES string of the molecule is CC(C)(NC(=O)c1ccccc1)C(=O)N1CCC(C(=O)O)C1. The maximum absolute atomic E-state index is 12.5. The molecule has 1 aliphatic heterocycles. The first-order chi connectivity index (χ1) is 10.3. The van der Waals surface area contributed by atoms with Crippen LogP contribution in [0.2, 0.25) is 0 Å². The van der Waals surface area contributed by atoms with E-state index in [4.69, 9.17) is 5.11 Å². The second kappa shape index (κ2) is 6.17. The summed E-state index contributed by atoms with van der Waals surface area (Å²) in [5, 5.41) is 11.7. The van der Waals surface area contributed by atoms with Gasteiger partial charge in [-0.25, -0.2) is 0 Å². The number of nitrogens with one attached hydrogen (secondary N) is 1. The summed E-state index contributed by atoms with van der Waals surface area (Å²) >= 11 is 0. The van der Waals surface area contributed by atoms with E-state index in [1.54, 1.807) is 38.1 Å². The van der Waals surface area contributed by atoms with Gasteiger partial charge < -0.3 is 15.3 Å². The van der Waals surface area contributed by atoms with E-state index in [1.807, 2.05) is 6.07 Å². The molecule has 0 spiro atoms. The summed E-state index contributed by atoms with van der Waals surface area (Å²) in [7, 11) is 0. The number of carboxylic acid groups (broad SMARTS) is 1. The molecular weight excluding hydrogens is 284 g/mol. The second-order valence-corrected chi connectivity index (χ2v) is 6.02. The molecule has 0 radical (unpaired) electrons. The monoisotopic (exact) mass is 304 g/mol. The van der Waals surface area contributed by atoms with Crippen molar-refractivity contribution in [2.45, 2.75) is 25.8 Å². The van der Waals surface area contributed by atoms with Crippen LogP contribution in [0, 0.1) is 5.92 Å². The molecule has 118 valence electrons. The molecule has 6 nitrogen and oxygen atoms in total. The molecule has 0 saturated carbocycles. The number of nitrogens with zero attached hydrogens (tertiary/aromatic N) is 1. The largest absolute Gasteiger partial charge is 0.481 e. The van der Waals surface area contributed by atoms with Gasteiger partial charge in [0.05, 0.1) is 5.92 Å². The number of hydrogen-bond donors (Lipinski definition) is 2. The molecule has 6 heteroatoms. The van der Waals surface area contributed by atoms with Gasteiger partial charge in [-0.1, -0.05) is 18.2 Å². The van der Waals surface area contributed by atoms with Crippen molar-refractivity contribution in [3.63, 3.8) is 0 Å². The smallest absolute Gasteiger partial charge is 0.308 e. The lowest BCUT2D eigenvalue weighted by atomic mass is 10.0. The summed E-state index contributed by atoms with van der Waals surface area (Å²) < 4.78 is 0. The van der Waals surface area contributed by atoms with Gasteiger partial charge in [0.15, 0.2) is 0 Å². The first-order valence-electron chi connectivity index (χ1n) is 7.21. The molecule has 1 saturated heterocycles. The van der Waals surface area contributed by atoms with E-state index in [1.165, 1.54) is 4.90 Å². The number of likely N-dealkylation sites (tertiary alicyclic amines) is 1. The molecule has 2 amide bonds. The minimum Gasteiger partial charge on any atom is -0.481 e. The number of carboxylic acids is 1. The van der Waals surface area contributed by atoms with Gasteiger partial charge in [0, 0.05) is 18.7 Å². The minimum atomic E-state index is -1.08. The Labute approximate surface area is 129 Å². The average Bonchev–Trinajstić information content (AvgIpc) is 2.96. The number of aliphatic carboxylic acids is 1. The topological polar surface area (TPSA) is 86.7 Å². The van der Waals surface area contributed by atoms with E-state index < -0.39 is 17.4 Å². The second-order valence-electron chi connectivity index (χ2n) is 6.02. The van der Waals surface area contributed by atoms with Gasteiger partial charge in [-0.2, -0.15) is 0 Å². The normalized spacial score (nSPS) is 18.1. The number of benzene rings is 1. The molecule has 1 fully saturated rings. The van der Waals surface area contributed by atoms with Crippen molar-refractivity contribution in [3.8, 4) is 0 Å². The predicted molar refractivity (Wildman–Crippen MR) is 80.3 cm³/mol. The van der Waals surface area contributed by atoms with Gasteiger partial charge >= 0.3 is 5.97 Å². The number of hydrogen-bond acceptors (Lipinski definition) is 3.